The van der Waals surface area contributed by atoms with Gasteiger partial charge in [-0.15, -0.1) is 6.42 Å². The topological polar surface area (TPSA) is 36.9 Å². The summed E-state index contributed by atoms with van der Waals surface area (Å²) in [5.41, 5.74) is -0.180. The van der Waals surface area contributed by atoms with E-state index in [-0.39, 0.29) is 23.2 Å². The molecule has 4 nitrogen and oxygen atoms in total. The Morgan fingerprint density at radius 3 is 2.15 bits per heavy atom. The van der Waals surface area contributed by atoms with Crippen LogP contribution in [0.4, 0.5) is 0 Å². The first-order valence-electron chi connectivity index (χ1n) is 10.0. The van der Waals surface area contributed by atoms with Gasteiger partial charge in [0.1, 0.15) is 0 Å². The third kappa shape index (κ3) is 3.27. The standard InChI is InChI=1S/C22H30O4/c1-3-20(12-14-22(15-13-20)24-16-17-25-22)18-8-10-21(23-2,11-9-18)26-19-6-4-5-7-19/h1,8-11,18-19H,4-7,12-17H2,2H3. The van der Waals surface area contributed by atoms with Crippen LogP contribution in [-0.2, 0) is 18.9 Å². The van der Waals surface area contributed by atoms with Gasteiger partial charge in [-0.05, 0) is 37.8 Å². The van der Waals surface area contributed by atoms with Crippen molar-refractivity contribution in [2.75, 3.05) is 20.3 Å². The highest BCUT2D eigenvalue weighted by Gasteiger charge is 2.48. The van der Waals surface area contributed by atoms with Crippen molar-refractivity contribution >= 4 is 0 Å². The van der Waals surface area contributed by atoms with Crippen LogP contribution in [0.15, 0.2) is 24.3 Å². The maximum atomic E-state index is 6.28. The summed E-state index contributed by atoms with van der Waals surface area (Å²) in [5.74, 6) is 2.19. The Bertz CT molecular complexity index is 578. The van der Waals surface area contributed by atoms with Gasteiger partial charge in [0.2, 0.25) is 5.79 Å². The second-order valence-electron chi connectivity index (χ2n) is 8.10. The molecule has 1 saturated heterocycles. The van der Waals surface area contributed by atoms with E-state index in [4.69, 9.17) is 25.4 Å². The van der Waals surface area contributed by atoms with Crippen LogP contribution < -0.4 is 0 Å². The maximum Gasteiger partial charge on any atom is 0.207 e. The normalized spacial score (nSPS) is 35.8. The highest BCUT2D eigenvalue weighted by Crippen LogP contribution is 2.50. The van der Waals surface area contributed by atoms with Crippen LogP contribution in [0.2, 0.25) is 0 Å². The molecule has 142 valence electrons. The average molecular weight is 358 g/mol. The summed E-state index contributed by atoms with van der Waals surface area (Å²) in [7, 11) is 1.71. The summed E-state index contributed by atoms with van der Waals surface area (Å²) in [6, 6.07) is 0. The maximum absolute atomic E-state index is 6.28. The Balaban J connectivity index is 1.45. The number of allylic oxidation sites excluding steroid dienone is 2. The number of hydrogen-bond donors (Lipinski definition) is 0. The lowest BCUT2D eigenvalue weighted by molar-refractivity contribution is -0.190. The molecule has 0 amide bonds. The van der Waals surface area contributed by atoms with Crippen molar-refractivity contribution in [3.63, 3.8) is 0 Å². The Labute approximate surface area is 156 Å². The zero-order valence-corrected chi connectivity index (χ0v) is 15.7. The van der Waals surface area contributed by atoms with E-state index in [9.17, 15) is 0 Å². The van der Waals surface area contributed by atoms with Crippen LogP contribution in [-0.4, -0.2) is 38.0 Å². The molecule has 4 heteroatoms. The molecular formula is C22H30O4. The molecule has 0 atom stereocenters. The summed E-state index contributed by atoms with van der Waals surface area (Å²) in [6.07, 6.45) is 23.1. The highest BCUT2D eigenvalue weighted by molar-refractivity contribution is 5.27. The van der Waals surface area contributed by atoms with Crippen LogP contribution in [0, 0.1) is 23.7 Å². The van der Waals surface area contributed by atoms with Gasteiger partial charge in [0, 0.05) is 31.3 Å². The average Bonchev–Trinajstić information content (AvgIpc) is 3.36. The first-order chi connectivity index (χ1) is 12.6. The van der Waals surface area contributed by atoms with Gasteiger partial charge < -0.3 is 18.9 Å². The molecule has 0 aromatic carbocycles. The fourth-order valence-electron chi connectivity index (χ4n) is 4.93. The van der Waals surface area contributed by atoms with Gasteiger partial charge in [0.25, 0.3) is 0 Å². The molecule has 3 fully saturated rings. The van der Waals surface area contributed by atoms with Crippen LogP contribution >= 0.6 is 0 Å². The van der Waals surface area contributed by atoms with Gasteiger partial charge in [-0.1, -0.05) is 30.9 Å². The van der Waals surface area contributed by atoms with E-state index in [1.54, 1.807) is 7.11 Å². The zero-order valence-electron chi connectivity index (χ0n) is 15.7. The van der Waals surface area contributed by atoms with Gasteiger partial charge >= 0.3 is 0 Å². The molecule has 26 heavy (non-hydrogen) atoms. The van der Waals surface area contributed by atoms with Crippen molar-refractivity contribution in [3.8, 4) is 12.3 Å². The smallest absolute Gasteiger partial charge is 0.207 e. The molecular weight excluding hydrogens is 328 g/mol. The minimum absolute atomic E-state index is 0.180. The Morgan fingerprint density at radius 2 is 1.62 bits per heavy atom. The van der Waals surface area contributed by atoms with Gasteiger partial charge in [0.15, 0.2) is 5.79 Å². The van der Waals surface area contributed by atoms with Crippen molar-refractivity contribution in [2.24, 2.45) is 11.3 Å². The summed E-state index contributed by atoms with van der Waals surface area (Å²) >= 11 is 0. The molecule has 0 aromatic heterocycles. The summed E-state index contributed by atoms with van der Waals surface area (Å²) in [5, 5.41) is 0. The molecule has 0 radical (unpaired) electrons. The molecule has 1 heterocycles. The number of hydrogen-bond acceptors (Lipinski definition) is 4. The monoisotopic (exact) mass is 358 g/mol. The molecule has 1 aliphatic heterocycles. The van der Waals surface area contributed by atoms with Gasteiger partial charge in [-0.25, -0.2) is 0 Å². The van der Waals surface area contributed by atoms with Gasteiger partial charge in [-0.3, -0.25) is 0 Å². The predicted molar refractivity (Wildman–Crippen MR) is 99.2 cm³/mol. The molecule has 3 aliphatic carbocycles. The third-order valence-corrected chi connectivity index (χ3v) is 6.69. The fraction of sp³-hybridized carbons (Fsp3) is 0.727. The zero-order chi connectivity index (χ0) is 18.1. The van der Waals surface area contributed by atoms with E-state index < -0.39 is 5.79 Å². The summed E-state index contributed by atoms with van der Waals surface area (Å²) in [4.78, 5) is 0. The lowest BCUT2D eigenvalue weighted by atomic mass is 9.64. The second-order valence-corrected chi connectivity index (χ2v) is 8.10. The lowest BCUT2D eigenvalue weighted by Gasteiger charge is -2.44. The predicted octanol–water partition coefficient (Wildman–Crippen LogP) is 3.97. The molecule has 0 aromatic rings. The molecule has 0 unspecified atom stereocenters. The minimum atomic E-state index is -0.741. The van der Waals surface area contributed by atoms with E-state index in [2.05, 4.69) is 30.2 Å². The van der Waals surface area contributed by atoms with Crippen LogP contribution in [0.25, 0.3) is 0 Å². The molecule has 2 saturated carbocycles. The lowest BCUT2D eigenvalue weighted by Crippen LogP contribution is -2.43. The number of ether oxygens (including phenoxy) is 4. The van der Waals surface area contributed by atoms with Crippen molar-refractivity contribution < 1.29 is 18.9 Å². The molecule has 4 aliphatic rings. The summed E-state index contributed by atoms with van der Waals surface area (Å²) < 4.78 is 23.7. The Hall–Kier alpha value is -1.12. The van der Waals surface area contributed by atoms with Crippen molar-refractivity contribution in [1.29, 1.82) is 0 Å². The Kier molecular flexibility index (Phi) is 5.00. The van der Waals surface area contributed by atoms with Gasteiger partial charge in [0.05, 0.1) is 19.3 Å². The molecule has 0 bridgehead atoms. The van der Waals surface area contributed by atoms with Crippen molar-refractivity contribution in [1.82, 2.24) is 0 Å². The fourth-order valence-corrected chi connectivity index (χ4v) is 4.93. The number of rotatable bonds is 4. The minimum Gasteiger partial charge on any atom is -0.348 e. The molecule has 1 spiro atoms. The second kappa shape index (κ2) is 7.13. The first kappa shape index (κ1) is 18.3. The van der Waals surface area contributed by atoms with Crippen molar-refractivity contribution in [3.05, 3.63) is 24.3 Å². The van der Waals surface area contributed by atoms with E-state index in [1.165, 1.54) is 12.8 Å². The van der Waals surface area contributed by atoms with E-state index in [0.29, 0.717) is 13.2 Å². The number of methoxy groups -OCH3 is 1. The molecule has 0 N–H and O–H groups in total. The number of terminal acetylenes is 1. The largest absolute Gasteiger partial charge is 0.348 e. The summed E-state index contributed by atoms with van der Waals surface area (Å²) in [6.45, 7) is 1.39. The van der Waals surface area contributed by atoms with Crippen LogP contribution in [0.3, 0.4) is 0 Å². The highest BCUT2D eigenvalue weighted by atomic mass is 16.7. The van der Waals surface area contributed by atoms with Crippen molar-refractivity contribution in [2.45, 2.75) is 69.0 Å². The molecule has 4 rings (SSSR count). The first-order valence-corrected chi connectivity index (χ1v) is 10.0. The van der Waals surface area contributed by atoms with Gasteiger partial charge in [-0.2, -0.15) is 0 Å². The van der Waals surface area contributed by atoms with E-state index in [1.807, 2.05) is 0 Å². The SMILES string of the molecule is C#CC1(C2C=CC(OC)(OC3CCCC3)C=C2)CCC2(CC1)OCCO2. The van der Waals surface area contributed by atoms with E-state index in [0.717, 1.165) is 38.5 Å². The Morgan fingerprint density at radius 1 is 1.00 bits per heavy atom. The van der Waals surface area contributed by atoms with E-state index >= 15 is 0 Å². The van der Waals surface area contributed by atoms with Crippen LogP contribution in [0.1, 0.15) is 51.4 Å². The van der Waals surface area contributed by atoms with Crippen LogP contribution in [0.5, 0.6) is 0 Å². The third-order valence-electron chi connectivity index (χ3n) is 6.69. The quantitative estimate of drug-likeness (QED) is 0.433.